The maximum absolute atomic E-state index is 6.42. The Morgan fingerprint density at radius 2 is 1.58 bits per heavy atom. The molecule has 1 aliphatic rings. The summed E-state index contributed by atoms with van der Waals surface area (Å²) in [5.74, 6) is 0.462. The average Bonchev–Trinajstić information content (AvgIpc) is 3.00. The van der Waals surface area contributed by atoms with Crippen LogP contribution in [0.2, 0.25) is 0 Å². The topological polar surface area (TPSA) is 67.4 Å². The van der Waals surface area contributed by atoms with Gasteiger partial charge < -0.3 is 11.5 Å². The predicted molar refractivity (Wildman–Crippen MR) is 139 cm³/mol. The third-order valence-corrected chi connectivity index (χ3v) is 7.08. The molecule has 33 heavy (non-hydrogen) atoms. The summed E-state index contributed by atoms with van der Waals surface area (Å²) in [6.45, 7) is 4.56. The van der Waals surface area contributed by atoms with Gasteiger partial charge in [-0.3, -0.25) is 0 Å². The van der Waals surface area contributed by atoms with E-state index in [1.54, 1.807) is 0 Å². The lowest BCUT2D eigenvalue weighted by molar-refractivity contribution is -0.403. The number of nitrogen functional groups attached to an aromatic ring is 1. The highest BCUT2D eigenvalue weighted by Crippen LogP contribution is 2.43. The highest BCUT2D eigenvalue weighted by Gasteiger charge is 2.45. The Morgan fingerprint density at radius 1 is 0.909 bits per heavy atom. The molecule has 0 amide bonds. The molecule has 4 N–H and O–H groups in total. The fourth-order valence-electron chi connectivity index (χ4n) is 4.94. The number of anilines is 1. The van der Waals surface area contributed by atoms with Gasteiger partial charge in [-0.25, -0.2) is 9.57 Å². The van der Waals surface area contributed by atoms with Crippen molar-refractivity contribution in [3.05, 3.63) is 102 Å². The van der Waals surface area contributed by atoms with Crippen LogP contribution in [0.3, 0.4) is 0 Å². The molecule has 4 heteroatoms. The molecule has 0 aromatic heterocycles. The van der Waals surface area contributed by atoms with Crippen molar-refractivity contribution in [2.24, 2.45) is 10.7 Å². The molecular formula is C29H29N4+. The predicted octanol–water partition coefficient (Wildman–Crippen LogP) is 5.71. The summed E-state index contributed by atoms with van der Waals surface area (Å²) >= 11 is 0. The van der Waals surface area contributed by atoms with Gasteiger partial charge in [-0.05, 0) is 47.9 Å². The van der Waals surface area contributed by atoms with Crippen LogP contribution in [-0.4, -0.2) is 23.2 Å². The maximum atomic E-state index is 6.42. The molecule has 0 saturated heterocycles. The second-order valence-corrected chi connectivity index (χ2v) is 9.13. The zero-order chi connectivity index (χ0) is 23.2. The Kier molecular flexibility index (Phi) is 5.01. The van der Waals surface area contributed by atoms with E-state index in [0.29, 0.717) is 17.2 Å². The second-order valence-electron chi connectivity index (χ2n) is 9.13. The van der Waals surface area contributed by atoms with Crippen LogP contribution in [-0.2, 0) is 11.8 Å². The molecule has 4 aromatic carbocycles. The standard InChI is InChI=1S/C29H29N4/c1-19-29(2,24-16-22-11-7-8-12-23(22)17-27(24)33(19)3)18-20-13-14-26(25(30)15-20)32-28(31)21-9-5-4-6-10-21/h4-17H,18,30H2,1-3H3,(H2,31,32)/q+1. The molecule has 4 aromatic rings. The second kappa shape index (κ2) is 7.89. The summed E-state index contributed by atoms with van der Waals surface area (Å²) in [5, 5.41) is 2.54. The van der Waals surface area contributed by atoms with Gasteiger partial charge in [0.05, 0.1) is 16.8 Å². The highest BCUT2D eigenvalue weighted by atomic mass is 15.0. The molecule has 164 valence electrons. The van der Waals surface area contributed by atoms with E-state index in [2.05, 4.69) is 72.9 Å². The molecule has 0 spiro atoms. The van der Waals surface area contributed by atoms with E-state index in [0.717, 1.165) is 12.0 Å². The third kappa shape index (κ3) is 3.58. The van der Waals surface area contributed by atoms with Crippen molar-refractivity contribution in [3.8, 4) is 0 Å². The van der Waals surface area contributed by atoms with Gasteiger partial charge in [0, 0.05) is 24.1 Å². The average molecular weight is 434 g/mol. The monoisotopic (exact) mass is 433 g/mol. The van der Waals surface area contributed by atoms with Crippen LogP contribution in [0, 0.1) is 0 Å². The normalized spacial score (nSPS) is 18.1. The van der Waals surface area contributed by atoms with Crippen LogP contribution in [0.25, 0.3) is 10.8 Å². The quantitative estimate of drug-likeness (QED) is 0.187. The van der Waals surface area contributed by atoms with Crippen molar-refractivity contribution in [2.75, 3.05) is 12.8 Å². The largest absolute Gasteiger partial charge is 0.397 e. The molecule has 1 unspecified atom stereocenters. The Balaban J connectivity index is 1.50. The molecule has 1 atom stereocenters. The fraction of sp³-hybridized carbons (Fsp3) is 0.172. The molecule has 0 fully saturated rings. The Hall–Kier alpha value is -3.92. The van der Waals surface area contributed by atoms with Gasteiger partial charge in [0.25, 0.3) is 0 Å². The summed E-state index contributed by atoms with van der Waals surface area (Å²) in [6, 6.07) is 29.1. The molecule has 0 aliphatic carbocycles. The van der Waals surface area contributed by atoms with Gasteiger partial charge >= 0.3 is 0 Å². The van der Waals surface area contributed by atoms with Gasteiger partial charge in [-0.2, -0.15) is 0 Å². The number of aliphatic imine (C=N–C) groups is 1. The molecule has 0 radical (unpaired) electrons. The van der Waals surface area contributed by atoms with Crippen molar-refractivity contribution in [2.45, 2.75) is 25.7 Å². The van der Waals surface area contributed by atoms with Gasteiger partial charge in [-0.1, -0.05) is 60.7 Å². The number of fused-ring (bicyclic) bond motifs is 2. The Morgan fingerprint density at radius 3 is 2.27 bits per heavy atom. The zero-order valence-corrected chi connectivity index (χ0v) is 19.3. The number of amidine groups is 1. The molecule has 0 saturated carbocycles. The lowest BCUT2D eigenvalue weighted by atomic mass is 9.74. The number of benzene rings is 4. The van der Waals surface area contributed by atoms with E-state index < -0.39 is 0 Å². The number of nitrogens with zero attached hydrogens (tertiary/aromatic N) is 2. The van der Waals surface area contributed by atoms with E-state index in [4.69, 9.17) is 11.5 Å². The van der Waals surface area contributed by atoms with Crippen molar-refractivity contribution in [1.82, 2.24) is 0 Å². The number of nitrogens with two attached hydrogens (primary N) is 2. The molecule has 0 bridgehead atoms. The summed E-state index contributed by atoms with van der Waals surface area (Å²) in [5.41, 5.74) is 19.9. The zero-order valence-electron chi connectivity index (χ0n) is 19.3. The minimum Gasteiger partial charge on any atom is -0.397 e. The summed E-state index contributed by atoms with van der Waals surface area (Å²) in [4.78, 5) is 4.57. The molecule has 4 nitrogen and oxygen atoms in total. The van der Waals surface area contributed by atoms with Crippen LogP contribution in [0.4, 0.5) is 17.1 Å². The first-order valence-electron chi connectivity index (χ1n) is 11.3. The van der Waals surface area contributed by atoms with E-state index in [1.807, 2.05) is 42.5 Å². The number of hydrogen-bond acceptors (Lipinski definition) is 2. The summed E-state index contributed by atoms with van der Waals surface area (Å²) < 4.78 is 2.32. The molecule has 1 aliphatic heterocycles. The number of rotatable bonds is 4. The number of hydrogen-bond donors (Lipinski definition) is 2. The van der Waals surface area contributed by atoms with Crippen LogP contribution in [0.15, 0.2) is 89.9 Å². The minimum atomic E-state index is -0.117. The van der Waals surface area contributed by atoms with E-state index in [9.17, 15) is 0 Å². The van der Waals surface area contributed by atoms with Crippen molar-refractivity contribution >= 4 is 39.4 Å². The Labute approximate surface area is 194 Å². The lowest BCUT2D eigenvalue weighted by Gasteiger charge is -2.23. The minimum absolute atomic E-state index is 0.117. The highest BCUT2D eigenvalue weighted by molar-refractivity contribution is 6.00. The van der Waals surface area contributed by atoms with Crippen LogP contribution < -0.4 is 11.5 Å². The first-order chi connectivity index (χ1) is 15.9. The Bertz CT molecular complexity index is 1430. The van der Waals surface area contributed by atoms with Crippen LogP contribution >= 0.6 is 0 Å². The summed E-state index contributed by atoms with van der Waals surface area (Å²) in [6.07, 6.45) is 0.858. The van der Waals surface area contributed by atoms with Gasteiger partial charge in [0.2, 0.25) is 5.69 Å². The van der Waals surface area contributed by atoms with Crippen molar-refractivity contribution in [3.63, 3.8) is 0 Å². The lowest BCUT2D eigenvalue weighted by Crippen LogP contribution is -2.32. The first-order valence-corrected chi connectivity index (χ1v) is 11.3. The molecule has 5 rings (SSSR count). The van der Waals surface area contributed by atoms with Gasteiger partial charge in [-0.15, -0.1) is 0 Å². The van der Waals surface area contributed by atoms with Gasteiger partial charge in [0.15, 0.2) is 5.71 Å². The van der Waals surface area contributed by atoms with E-state index >= 15 is 0 Å². The van der Waals surface area contributed by atoms with Crippen molar-refractivity contribution in [1.29, 1.82) is 0 Å². The van der Waals surface area contributed by atoms with E-state index in [-0.39, 0.29) is 5.41 Å². The van der Waals surface area contributed by atoms with Crippen LogP contribution in [0.1, 0.15) is 30.5 Å². The van der Waals surface area contributed by atoms with E-state index in [1.165, 1.54) is 33.3 Å². The summed E-state index contributed by atoms with van der Waals surface area (Å²) in [7, 11) is 2.16. The smallest absolute Gasteiger partial charge is 0.209 e. The van der Waals surface area contributed by atoms with Crippen molar-refractivity contribution < 1.29 is 4.58 Å². The SMILES string of the molecule is CC1=[N+](C)c2cc3ccccc3cc2C1(C)Cc1ccc(N=C(N)c2ccccc2)c(N)c1. The molecular weight excluding hydrogens is 404 g/mol. The maximum Gasteiger partial charge on any atom is 0.209 e. The van der Waals surface area contributed by atoms with Gasteiger partial charge in [0.1, 0.15) is 12.9 Å². The fourth-order valence-corrected chi connectivity index (χ4v) is 4.94. The molecule has 1 heterocycles. The first kappa shape index (κ1) is 21.0. The van der Waals surface area contributed by atoms with Crippen LogP contribution in [0.5, 0.6) is 0 Å². The third-order valence-electron chi connectivity index (χ3n) is 7.08.